The fourth-order valence-electron chi connectivity index (χ4n) is 2.29. The van der Waals surface area contributed by atoms with Crippen LogP contribution in [0.4, 0.5) is 4.39 Å². The monoisotopic (exact) mass is 250 g/mol. The molecule has 1 aliphatic heterocycles. The van der Waals surface area contributed by atoms with Crippen molar-refractivity contribution in [2.24, 2.45) is 0 Å². The zero-order valence-electron chi connectivity index (χ0n) is 10.8. The summed E-state index contributed by atoms with van der Waals surface area (Å²) in [6.07, 6.45) is 0.797. The van der Waals surface area contributed by atoms with E-state index < -0.39 is 0 Å². The maximum atomic E-state index is 13.5. The molecule has 98 valence electrons. The molecule has 1 saturated heterocycles. The third-order valence-electron chi connectivity index (χ3n) is 3.15. The summed E-state index contributed by atoms with van der Waals surface area (Å²) in [4.78, 5) is 13.8. The van der Waals surface area contributed by atoms with Crippen LogP contribution >= 0.6 is 0 Å². The summed E-state index contributed by atoms with van der Waals surface area (Å²) < 4.78 is 13.5. The quantitative estimate of drug-likeness (QED) is 0.885. The molecule has 0 aromatic heterocycles. The number of halogens is 1. The lowest BCUT2D eigenvalue weighted by molar-refractivity contribution is -0.130. The third-order valence-corrected chi connectivity index (χ3v) is 3.15. The summed E-state index contributed by atoms with van der Waals surface area (Å²) in [6, 6.07) is 6.78. The van der Waals surface area contributed by atoms with Crippen LogP contribution in [-0.4, -0.2) is 29.4 Å². The Morgan fingerprint density at radius 1 is 1.44 bits per heavy atom. The first-order valence-electron chi connectivity index (χ1n) is 6.36. The molecule has 0 saturated carbocycles. The number of amides is 1. The molecule has 4 heteroatoms. The average molecular weight is 250 g/mol. The van der Waals surface area contributed by atoms with Gasteiger partial charge in [0.05, 0.1) is 6.04 Å². The number of carbonyl (C=O) groups is 1. The fraction of sp³-hybridized carbons (Fsp3) is 0.500. The number of carbonyl (C=O) groups excluding carboxylic acids is 1. The first-order chi connectivity index (χ1) is 8.58. The van der Waals surface area contributed by atoms with Crippen LogP contribution in [0.25, 0.3) is 0 Å². The minimum atomic E-state index is -0.245. The van der Waals surface area contributed by atoms with Gasteiger partial charge < -0.3 is 10.2 Å². The zero-order valence-corrected chi connectivity index (χ0v) is 10.8. The molecule has 1 unspecified atom stereocenters. The van der Waals surface area contributed by atoms with Gasteiger partial charge in [0.1, 0.15) is 5.82 Å². The van der Waals surface area contributed by atoms with Crippen molar-refractivity contribution in [2.45, 2.75) is 38.9 Å². The lowest BCUT2D eigenvalue weighted by Gasteiger charge is -2.18. The third kappa shape index (κ3) is 2.88. The Morgan fingerprint density at radius 2 is 2.17 bits per heavy atom. The molecule has 1 amide bonds. The number of nitrogens with zero attached hydrogens (tertiary/aromatic N) is 1. The van der Waals surface area contributed by atoms with E-state index in [1.807, 2.05) is 13.8 Å². The van der Waals surface area contributed by atoms with Gasteiger partial charge in [0, 0.05) is 24.7 Å². The Labute approximate surface area is 107 Å². The maximum Gasteiger partial charge on any atom is 0.240 e. The Bertz CT molecular complexity index is 434. The van der Waals surface area contributed by atoms with Crippen molar-refractivity contribution < 1.29 is 9.18 Å². The second-order valence-corrected chi connectivity index (χ2v) is 5.01. The molecule has 1 fully saturated rings. The van der Waals surface area contributed by atoms with E-state index in [9.17, 15) is 9.18 Å². The van der Waals surface area contributed by atoms with Gasteiger partial charge in [-0.1, -0.05) is 32.0 Å². The van der Waals surface area contributed by atoms with Gasteiger partial charge in [0.2, 0.25) is 5.91 Å². The molecule has 1 heterocycles. The molecule has 3 nitrogen and oxygen atoms in total. The maximum absolute atomic E-state index is 13.5. The van der Waals surface area contributed by atoms with Gasteiger partial charge in [-0.3, -0.25) is 4.79 Å². The summed E-state index contributed by atoms with van der Waals surface area (Å²) >= 11 is 0. The number of nitrogens with one attached hydrogen (secondary N) is 1. The van der Waals surface area contributed by atoms with Crippen LogP contribution in [0.15, 0.2) is 24.3 Å². The molecule has 18 heavy (non-hydrogen) atoms. The predicted octanol–water partition coefficient (Wildman–Crippen LogP) is 1.92. The summed E-state index contributed by atoms with van der Waals surface area (Å²) in [6.45, 7) is 5.10. The molecule has 0 bridgehead atoms. The van der Waals surface area contributed by atoms with E-state index in [1.165, 1.54) is 6.07 Å². The second kappa shape index (κ2) is 5.48. The van der Waals surface area contributed by atoms with Crippen molar-refractivity contribution in [3.63, 3.8) is 0 Å². The standard InChI is InChI=1S/C14H19FN2O/c1-10(2)16-13-7-8-17(14(13)18)9-11-5-3-4-6-12(11)15/h3-6,10,13,16H,7-9H2,1-2H3. The van der Waals surface area contributed by atoms with E-state index in [0.29, 0.717) is 18.7 Å². The Balaban J connectivity index is 2.00. The molecular weight excluding hydrogens is 231 g/mol. The van der Waals surface area contributed by atoms with Gasteiger partial charge in [0.15, 0.2) is 0 Å². The Kier molecular flexibility index (Phi) is 3.97. The van der Waals surface area contributed by atoms with Gasteiger partial charge in [-0.2, -0.15) is 0 Å². The average Bonchev–Trinajstić information content (AvgIpc) is 2.64. The van der Waals surface area contributed by atoms with Crippen LogP contribution in [0.1, 0.15) is 25.8 Å². The SMILES string of the molecule is CC(C)NC1CCN(Cc2ccccc2F)C1=O. The largest absolute Gasteiger partial charge is 0.337 e. The molecule has 1 aliphatic rings. The van der Waals surface area contributed by atoms with Gasteiger partial charge in [-0.05, 0) is 12.5 Å². The highest BCUT2D eigenvalue weighted by molar-refractivity contribution is 5.84. The normalized spacial score (nSPS) is 19.9. The van der Waals surface area contributed by atoms with Crippen LogP contribution in [0.3, 0.4) is 0 Å². The van der Waals surface area contributed by atoms with Gasteiger partial charge in [-0.15, -0.1) is 0 Å². The van der Waals surface area contributed by atoms with Crippen molar-refractivity contribution in [1.82, 2.24) is 10.2 Å². The summed E-state index contributed by atoms with van der Waals surface area (Å²) in [5.74, 6) is -0.169. The molecule has 0 radical (unpaired) electrons. The minimum absolute atomic E-state index is 0.0759. The highest BCUT2D eigenvalue weighted by Gasteiger charge is 2.31. The van der Waals surface area contributed by atoms with Crippen molar-refractivity contribution in [2.75, 3.05) is 6.54 Å². The van der Waals surface area contributed by atoms with Crippen LogP contribution in [0, 0.1) is 5.82 Å². The van der Waals surface area contributed by atoms with Crippen LogP contribution in [0.2, 0.25) is 0 Å². The first-order valence-corrected chi connectivity index (χ1v) is 6.36. The summed E-state index contributed by atoms with van der Waals surface area (Å²) in [7, 11) is 0. The van der Waals surface area contributed by atoms with Gasteiger partial charge >= 0.3 is 0 Å². The Morgan fingerprint density at radius 3 is 2.83 bits per heavy atom. The van der Waals surface area contributed by atoms with E-state index in [2.05, 4.69) is 5.32 Å². The fourth-order valence-corrected chi connectivity index (χ4v) is 2.29. The smallest absolute Gasteiger partial charge is 0.240 e. The topological polar surface area (TPSA) is 32.3 Å². The molecule has 1 atom stereocenters. The molecule has 1 aromatic rings. The summed E-state index contributed by atoms with van der Waals surface area (Å²) in [5.41, 5.74) is 0.580. The van der Waals surface area contributed by atoms with E-state index >= 15 is 0 Å². The van der Waals surface area contributed by atoms with E-state index in [4.69, 9.17) is 0 Å². The predicted molar refractivity (Wildman–Crippen MR) is 68.5 cm³/mol. The van der Waals surface area contributed by atoms with Gasteiger partial charge in [-0.25, -0.2) is 4.39 Å². The lowest BCUT2D eigenvalue weighted by Crippen LogP contribution is -2.41. The second-order valence-electron chi connectivity index (χ2n) is 5.01. The van der Waals surface area contributed by atoms with E-state index in [0.717, 1.165) is 6.42 Å². The molecule has 0 aliphatic carbocycles. The molecular formula is C14H19FN2O. The first kappa shape index (κ1) is 13.0. The zero-order chi connectivity index (χ0) is 13.1. The number of benzene rings is 1. The van der Waals surface area contributed by atoms with Crippen molar-refractivity contribution in [3.8, 4) is 0 Å². The molecule has 1 aromatic carbocycles. The molecule has 2 rings (SSSR count). The van der Waals surface area contributed by atoms with Crippen LogP contribution in [0.5, 0.6) is 0 Å². The van der Waals surface area contributed by atoms with E-state index in [-0.39, 0.29) is 23.8 Å². The summed E-state index contributed by atoms with van der Waals surface area (Å²) in [5, 5.41) is 3.24. The lowest BCUT2D eigenvalue weighted by atomic mass is 10.2. The van der Waals surface area contributed by atoms with Gasteiger partial charge in [0.25, 0.3) is 0 Å². The molecule has 1 N–H and O–H groups in total. The van der Waals surface area contributed by atoms with Crippen molar-refractivity contribution in [3.05, 3.63) is 35.6 Å². The number of hydrogen-bond donors (Lipinski definition) is 1. The van der Waals surface area contributed by atoms with Crippen molar-refractivity contribution >= 4 is 5.91 Å². The highest BCUT2D eigenvalue weighted by atomic mass is 19.1. The van der Waals surface area contributed by atoms with Crippen LogP contribution in [-0.2, 0) is 11.3 Å². The van der Waals surface area contributed by atoms with E-state index in [1.54, 1.807) is 23.1 Å². The minimum Gasteiger partial charge on any atom is -0.337 e. The van der Waals surface area contributed by atoms with Crippen LogP contribution < -0.4 is 5.32 Å². The molecule has 0 spiro atoms. The Hall–Kier alpha value is -1.42. The number of likely N-dealkylation sites (tertiary alicyclic amines) is 1. The number of rotatable bonds is 4. The highest BCUT2D eigenvalue weighted by Crippen LogP contribution is 2.17. The number of hydrogen-bond acceptors (Lipinski definition) is 2. The van der Waals surface area contributed by atoms with Crippen molar-refractivity contribution in [1.29, 1.82) is 0 Å².